The van der Waals surface area contributed by atoms with Gasteiger partial charge in [0.25, 0.3) is 0 Å². The number of halogens is 2. The van der Waals surface area contributed by atoms with Crippen LogP contribution in [0.25, 0.3) is 0 Å². The molecule has 1 aliphatic heterocycles. The number of likely N-dealkylation sites (N-methyl/N-ethyl adjacent to an activating group) is 1. The summed E-state index contributed by atoms with van der Waals surface area (Å²) in [6.45, 7) is 4.36. The van der Waals surface area contributed by atoms with Crippen molar-refractivity contribution in [3.05, 3.63) is 16.8 Å². The van der Waals surface area contributed by atoms with Crippen molar-refractivity contribution in [1.82, 2.24) is 15.1 Å². The predicted octanol–water partition coefficient (Wildman–Crippen LogP) is 1.91. The Morgan fingerprint density at radius 1 is 1.45 bits per heavy atom. The molecule has 1 fully saturated rings. The molecule has 2 heterocycles. The smallest absolute Gasteiger partial charge is 0.328 e. The van der Waals surface area contributed by atoms with Crippen molar-refractivity contribution in [3.63, 3.8) is 0 Å². The van der Waals surface area contributed by atoms with Gasteiger partial charge < -0.3 is 10.0 Å². The number of anilines is 1. The maximum absolute atomic E-state index is 14.1. The molecule has 20 heavy (non-hydrogen) atoms. The Kier molecular flexibility index (Phi) is 3.60. The second-order valence-electron chi connectivity index (χ2n) is 5.30. The van der Waals surface area contributed by atoms with E-state index in [0.717, 1.165) is 4.90 Å². The zero-order chi connectivity index (χ0) is 15.2. The van der Waals surface area contributed by atoms with E-state index in [0.29, 0.717) is 0 Å². The summed E-state index contributed by atoms with van der Waals surface area (Å²) in [5, 5.41) is 17.5. The third kappa shape index (κ3) is 2.31. The molecule has 1 aliphatic rings. The van der Waals surface area contributed by atoms with E-state index in [1.54, 1.807) is 14.0 Å². The fourth-order valence-electron chi connectivity index (χ4n) is 2.01. The number of aromatic nitrogens is 2. The van der Waals surface area contributed by atoms with Gasteiger partial charge in [-0.2, -0.15) is 0 Å². The van der Waals surface area contributed by atoms with Crippen molar-refractivity contribution in [2.75, 3.05) is 11.9 Å². The highest BCUT2D eigenvalue weighted by atomic mass is 35.5. The van der Waals surface area contributed by atoms with Crippen LogP contribution >= 0.6 is 11.6 Å². The number of nitrogens with zero attached hydrogens (tertiary/aromatic N) is 4. The zero-order valence-corrected chi connectivity index (χ0v) is 12.4. The molecular formula is C12H16ClFN4O2. The highest BCUT2D eigenvalue weighted by Crippen LogP contribution is 2.33. The average molecular weight is 303 g/mol. The fourth-order valence-corrected chi connectivity index (χ4v) is 2.32. The minimum atomic E-state index is -1.73. The van der Waals surface area contributed by atoms with E-state index < -0.39 is 24.0 Å². The Morgan fingerprint density at radius 3 is 2.50 bits per heavy atom. The maximum Gasteiger partial charge on any atom is 0.328 e. The van der Waals surface area contributed by atoms with E-state index in [1.807, 2.05) is 0 Å². The summed E-state index contributed by atoms with van der Waals surface area (Å²) < 4.78 is 14.1. The van der Waals surface area contributed by atoms with Crippen LogP contribution in [0.15, 0.2) is 6.07 Å². The summed E-state index contributed by atoms with van der Waals surface area (Å²) in [7, 11) is 1.57. The number of hydrogen-bond acceptors (Lipinski definition) is 4. The number of carbonyl (C=O) groups excluding carboxylic acids is 1. The molecule has 8 heteroatoms. The Morgan fingerprint density at radius 2 is 2.05 bits per heavy atom. The number of alkyl halides is 1. The lowest BCUT2D eigenvalue weighted by atomic mass is 10.0. The molecule has 0 bridgehead atoms. The lowest BCUT2D eigenvalue weighted by molar-refractivity contribution is 0.138. The Balaban J connectivity index is 2.47. The van der Waals surface area contributed by atoms with Crippen molar-refractivity contribution >= 4 is 23.4 Å². The van der Waals surface area contributed by atoms with Gasteiger partial charge in [0.05, 0.1) is 6.04 Å². The molecule has 2 unspecified atom stereocenters. The maximum atomic E-state index is 14.1. The number of hydrogen-bond donors (Lipinski definition) is 1. The molecule has 2 amide bonds. The number of aliphatic hydroxyl groups is 1. The average Bonchev–Trinajstić information content (AvgIpc) is 2.54. The molecule has 0 aliphatic carbocycles. The van der Waals surface area contributed by atoms with Gasteiger partial charge in [-0.15, -0.1) is 10.2 Å². The van der Waals surface area contributed by atoms with Crippen molar-refractivity contribution in [2.24, 2.45) is 0 Å². The third-order valence-electron chi connectivity index (χ3n) is 3.44. The van der Waals surface area contributed by atoms with Gasteiger partial charge in [-0.05, 0) is 26.8 Å². The van der Waals surface area contributed by atoms with E-state index in [2.05, 4.69) is 10.2 Å². The van der Waals surface area contributed by atoms with E-state index in [9.17, 15) is 14.3 Å². The van der Waals surface area contributed by atoms with Crippen LogP contribution in [0.5, 0.6) is 0 Å². The normalized spacial score (nSPS) is 23.6. The summed E-state index contributed by atoms with van der Waals surface area (Å²) >= 11 is 5.83. The first kappa shape index (κ1) is 14.9. The number of carbonyl (C=O) groups is 1. The molecule has 2 rings (SSSR count). The second-order valence-corrected chi connectivity index (χ2v) is 5.66. The molecule has 0 radical (unpaired) electrons. The highest BCUT2D eigenvalue weighted by Gasteiger charge is 2.42. The van der Waals surface area contributed by atoms with E-state index in [-0.39, 0.29) is 16.5 Å². The molecule has 1 N–H and O–H groups in total. The zero-order valence-electron chi connectivity index (χ0n) is 11.6. The Labute approximate surface area is 121 Å². The van der Waals surface area contributed by atoms with Crippen LogP contribution in [0.2, 0.25) is 5.15 Å². The van der Waals surface area contributed by atoms with Crippen LogP contribution in [0.1, 0.15) is 26.3 Å². The van der Waals surface area contributed by atoms with Crippen LogP contribution in [-0.2, 0) is 5.67 Å². The van der Waals surface area contributed by atoms with Crippen LogP contribution in [0.3, 0.4) is 0 Å². The van der Waals surface area contributed by atoms with Crippen LogP contribution < -0.4 is 4.90 Å². The van der Waals surface area contributed by atoms with Gasteiger partial charge in [0, 0.05) is 12.6 Å². The van der Waals surface area contributed by atoms with Gasteiger partial charge in [-0.25, -0.2) is 14.1 Å². The minimum Gasteiger partial charge on any atom is -0.371 e. The van der Waals surface area contributed by atoms with Gasteiger partial charge in [0.1, 0.15) is 5.67 Å². The molecular weight excluding hydrogens is 287 g/mol. The SMILES string of the molecule is CC1C(O)N(c2cc(C(C)(C)F)c(Cl)nn2)C(=O)N1C. The Bertz CT molecular complexity index is 549. The van der Waals surface area contributed by atoms with Gasteiger partial charge in [-0.1, -0.05) is 11.6 Å². The van der Waals surface area contributed by atoms with E-state index in [1.165, 1.54) is 24.8 Å². The minimum absolute atomic E-state index is 0.0659. The van der Waals surface area contributed by atoms with Crippen molar-refractivity contribution in [3.8, 4) is 0 Å². The molecule has 2 atom stereocenters. The third-order valence-corrected chi connectivity index (χ3v) is 3.72. The van der Waals surface area contributed by atoms with Crippen LogP contribution in [0, 0.1) is 0 Å². The summed E-state index contributed by atoms with van der Waals surface area (Å²) in [5.74, 6) is 0.0730. The number of urea groups is 1. The monoisotopic (exact) mass is 302 g/mol. The summed E-state index contributed by atoms with van der Waals surface area (Å²) in [6, 6.07) is 0.508. The van der Waals surface area contributed by atoms with Crippen molar-refractivity contribution < 1.29 is 14.3 Å². The Hall–Kier alpha value is -1.47. The van der Waals surface area contributed by atoms with E-state index >= 15 is 0 Å². The second kappa shape index (κ2) is 4.82. The van der Waals surface area contributed by atoms with Crippen molar-refractivity contribution in [2.45, 2.75) is 38.7 Å². The van der Waals surface area contributed by atoms with Gasteiger partial charge >= 0.3 is 6.03 Å². The molecule has 110 valence electrons. The van der Waals surface area contributed by atoms with E-state index in [4.69, 9.17) is 11.6 Å². The molecule has 1 saturated heterocycles. The quantitative estimate of drug-likeness (QED) is 0.906. The molecule has 0 aromatic carbocycles. The van der Waals surface area contributed by atoms with Gasteiger partial charge in [0.15, 0.2) is 17.2 Å². The van der Waals surface area contributed by atoms with Crippen LogP contribution in [-0.4, -0.2) is 45.6 Å². The number of aliphatic hydroxyl groups excluding tert-OH is 1. The van der Waals surface area contributed by atoms with Crippen LogP contribution in [0.4, 0.5) is 15.0 Å². The molecule has 1 aromatic rings. The standard InChI is InChI=1S/C12H16ClFN4O2/c1-6-10(19)18(11(20)17(6)4)8-5-7(12(2,3)14)9(13)16-15-8/h5-6,10,19H,1-4H3. The van der Waals surface area contributed by atoms with Gasteiger partial charge in [-0.3, -0.25) is 0 Å². The molecule has 6 nitrogen and oxygen atoms in total. The number of rotatable bonds is 2. The van der Waals surface area contributed by atoms with Gasteiger partial charge in [0.2, 0.25) is 0 Å². The first-order valence-corrected chi connectivity index (χ1v) is 6.49. The summed E-state index contributed by atoms with van der Waals surface area (Å²) in [6.07, 6.45) is -1.07. The predicted molar refractivity (Wildman–Crippen MR) is 72.3 cm³/mol. The summed E-state index contributed by atoms with van der Waals surface area (Å²) in [4.78, 5) is 14.5. The molecule has 0 saturated carbocycles. The lowest BCUT2D eigenvalue weighted by Gasteiger charge is -2.21. The molecule has 1 aromatic heterocycles. The first-order chi connectivity index (χ1) is 9.14. The fraction of sp³-hybridized carbons (Fsp3) is 0.583. The first-order valence-electron chi connectivity index (χ1n) is 6.11. The highest BCUT2D eigenvalue weighted by molar-refractivity contribution is 6.30. The number of amides is 2. The largest absolute Gasteiger partial charge is 0.371 e. The topological polar surface area (TPSA) is 69.6 Å². The molecule has 0 spiro atoms. The lowest BCUT2D eigenvalue weighted by Crippen LogP contribution is -2.36. The summed E-state index contributed by atoms with van der Waals surface area (Å²) in [5.41, 5.74) is -1.61. The van der Waals surface area contributed by atoms with Crippen molar-refractivity contribution in [1.29, 1.82) is 0 Å².